The summed E-state index contributed by atoms with van der Waals surface area (Å²) in [6.45, 7) is 2.05. The van der Waals surface area contributed by atoms with Gasteiger partial charge in [0.2, 0.25) is 11.8 Å². The number of rotatable bonds is 8. The third kappa shape index (κ3) is 6.21. The zero-order valence-electron chi connectivity index (χ0n) is 16.4. The van der Waals surface area contributed by atoms with Crippen molar-refractivity contribution < 1.29 is 14.4 Å². The highest BCUT2D eigenvalue weighted by Crippen LogP contribution is 2.18. The van der Waals surface area contributed by atoms with E-state index < -0.39 is 0 Å². The highest BCUT2D eigenvalue weighted by Gasteiger charge is 2.17. The molecule has 148 valence electrons. The summed E-state index contributed by atoms with van der Waals surface area (Å²) in [5.41, 5.74) is 1.80. The van der Waals surface area contributed by atoms with E-state index in [1.54, 1.807) is 43.3 Å². The SMILES string of the molecule is CNC(=O)CN(C)CC(=O)Nc1ccccc1C(=O)NC(C)c1ccccc1. The van der Waals surface area contributed by atoms with E-state index in [9.17, 15) is 14.4 Å². The second kappa shape index (κ2) is 10.2. The summed E-state index contributed by atoms with van der Waals surface area (Å²) >= 11 is 0. The van der Waals surface area contributed by atoms with Crippen molar-refractivity contribution in [3.63, 3.8) is 0 Å². The first-order valence-electron chi connectivity index (χ1n) is 9.04. The van der Waals surface area contributed by atoms with Crippen molar-refractivity contribution in [3.8, 4) is 0 Å². The third-order valence-corrected chi connectivity index (χ3v) is 4.20. The fourth-order valence-corrected chi connectivity index (χ4v) is 2.70. The number of benzene rings is 2. The van der Waals surface area contributed by atoms with E-state index >= 15 is 0 Å². The Morgan fingerprint density at radius 2 is 1.54 bits per heavy atom. The van der Waals surface area contributed by atoms with Crippen molar-refractivity contribution in [2.75, 3.05) is 32.5 Å². The van der Waals surface area contributed by atoms with Crippen LogP contribution < -0.4 is 16.0 Å². The molecule has 7 heteroatoms. The van der Waals surface area contributed by atoms with Gasteiger partial charge in [-0.3, -0.25) is 19.3 Å². The van der Waals surface area contributed by atoms with Crippen molar-refractivity contribution >= 4 is 23.4 Å². The second-order valence-corrected chi connectivity index (χ2v) is 6.55. The summed E-state index contributed by atoms with van der Waals surface area (Å²) in [6.07, 6.45) is 0. The van der Waals surface area contributed by atoms with E-state index in [1.807, 2.05) is 37.3 Å². The number of nitrogens with zero attached hydrogens (tertiary/aromatic N) is 1. The van der Waals surface area contributed by atoms with Gasteiger partial charge in [0.15, 0.2) is 0 Å². The standard InChI is InChI=1S/C21H26N4O3/c1-15(16-9-5-4-6-10-16)23-21(28)17-11-7-8-12-18(17)24-20(27)14-25(3)13-19(26)22-2/h4-12,15H,13-14H2,1-3H3,(H,22,26)(H,23,28)(H,24,27). The quantitative estimate of drug-likeness (QED) is 0.649. The molecule has 0 fully saturated rings. The van der Waals surface area contributed by atoms with E-state index in [4.69, 9.17) is 0 Å². The van der Waals surface area contributed by atoms with Crippen LogP contribution in [0.2, 0.25) is 0 Å². The van der Waals surface area contributed by atoms with Gasteiger partial charge >= 0.3 is 0 Å². The molecule has 0 aliphatic carbocycles. The monoisotopic (exact) mass is 382 g/mol. The Balaban J connectivity index is 2.02. The molecule has 0 aliphatic heterocycles. The molecule has 0 aromatic heterocycles. The largest absolute Gasteiger partial charge is 0.358 e. The van der Waals surface area contributed by atoms with Gasteiger partial charge in [-0.25, -0.2) is 0 Å². The molecule has 1 unspecified atom stereocenters. The van der Waals surface area contributed by atoms with Crippen LogP contribution in [0.1, 0.15) is 28.9 Å². The van der Waals surface area contributed by atoms with Crippen LogP contribution >= 0.6 is 0 Å². The summed E-state index contributed by atoms with van der Waals surface area (Å²) in [5, 5.41) is 8.21. The molecule has 0 radical (unpaired) electrons. The zero-order valence-corrected chi connectivity index (χ0v) is 16.4. The van der Waals surface area contributed by atoms with Crippen LogP contribution in [-0.2, 0) is 9.59 Å². The number of anilines is 1. The topological polar surface area (TPSA) is 90.5 Å². The summed E-state index contributed by atoms with van der Waals surface area (Å²) in [5.74, 6) is -0.751. The lowest BCUT2D eigenvalue weighted by atomic mass is 10.1. The molecule has 7 nitrogen and oxygen atoms in total. The molecule has 0 bridgehead atoms. The molecule has 0 spiro atoms. The van der Waals surface area contributed by atoms with Gasteiger partial charge < -0.3 is 16.0 Å². The normalized spacial score (nSPS) is 11.6. The molecule has 1 atom stereocenters. The van der Waals surface area contributed by atoms with Crippen LogP contribution in [0.4, 0.5) is 5.69 Å². The average Bonchev–Trinajstić information content (AvgIpc) is 2.68. The number of nitrogens with one attached hydrogen (secondary N) is 3. The van der Waals surface area contributed by atoms with E-state index in [0.717, 1.165) is 5.56 Å². The van der Waals surface area contributed by atoms with Gasteiger partial charge in [0.05, 0.1) is 30.4 Å². The van der Waals surface area contributed by atoms with Gasteiger partial charge in [-0.05, 0) is 31.7 Å². The van der Waals surface area contributed by atoms with Crippen molar-refractivity contribution in [2.24, 2.45) is 0 Å². The number of carbonyl (C=O) groups is 3. The molecule has 2 rings (SSSR count). The average molecular weight is 382 g/mol. The van der Waals surface area contributed by atoms with Crippen LogP contribution in [0.3, 0.4) is 0 Å². The van der Waals surface area contributed by atoms with E-state index in [2.05, 4.69) is 16.0 Å². The van der Waals surface area contributed by atoms with Crippen LogP contribution in [0.25, 0.3) is 0 Å². The Kier molecular flexibility index (Phi) is 7.71. The van der Waals surface area contributed by atoms with Crippen molar-refractivity contribution in [3.05, 3.63) is 65.7 Å². The third-order valence-electron chi connectivity index (χ3n) is 4.20. The smallest absolute Gasteiger partial charge is 0.253 e. The molecule has 28 heavy (non-hydrogen) atoms. The maximum absolute atomic E-state index is 12.7. The molecule has 3 amide bonds. The van der Waals surface area contributed by atoms with Crippen LogP contribution in [-0.4, -0.2) is 49.8 Å². The van der Waals surface area contributed by atoms with E-state index in [1.165, 1.54) is 0 Å². The van der Waals surface area contributed by atoms with Crippen molar-refractivity contribution in [2.45, 2.75) is 13.0 Å². The molecular weight excluding hydrogens is 356 g/mol. The Morgan fingerprint density at radius 1 is 0.929 bits per heavy atom. The van der Waals surface area contributed by atoms with Gasteiger partial charge in [0.1, 0.15) is 0 Å². The summed E-state index contributed by atoms with van der Waals surface area (Å²) in [6, 6.07) is 16.3. The Morgan fingerprint density at radius 3 is 2.21 bits per heavy atom. The summed E-state index contributed by atoms with van der Waals surface area (Å²) in [4.78, 5) is 38.0. The first kappa shape index (κ1) is 21.1. The predicted molar refractivity (Wildman–Crippen MR) is 109 cm³/mol. The fourth-order valence-electron chi connectivity index (χ4n) is 2.70. The lowest BCUT2D eigenvalue weighted by Gasteiger charge is -2.18. The lowest BCUT2D eigenvalue weighted by Crippen LogP contribution is -2.38. The first-order valence-corrected chi connectivity index (χ1v) is 9.04. The van der Waals surface area contributed by atoms with Gasteiger partial charge in [0.25, 0.3) is 5.91 Å². The highest BCUT2D eigenvalue weighted by molar-refractivity contribution is 6.04. The number of hydrogen-bond acceptors (Lipinski definition) is 4. The molecule has 2 aromatic rings. The van der Waals surface area contributed by atoms with Gasteiger partial charge in [-0.1, -0.05) is 42.5 Å². The number of likely N-dealkylation sites (N-methyl/N-ethyl adjacent to an activating group) is 2. The number of amides is 3. The Bertz CT molecular complexity index is 823. The van der Waals surface area contributed by atoms with Crippen molar-refractivity contribution in [1.82, 2.24) is 15.5 Å². The number of carbonyl (C=O) groups excluding carboxylic acids is 3. The van der Waals surface area contributed by atoms with Gasteiger partial charge in [-0.2, -0.15) is 0 Å². The first-order chi connectivity index (χ1) is 13.4. The second-order valence-electron chi connectivity index (χ2n) is 6.55. The zero-order chi connectivity index (χ0) is 20.5. The Hall–Kier alpha value is -3.19. The summed E-state index contributed by atoms with van der Waals surface area (Å²) in [7, 11) is 3.22. The molecule has 2 aromatic carbocycles. The number of hydrogen-bond donors (Lipinski definition) is 3. The van der Waals surface area contributed by atoms with Gasteiger partial charge in [-0.15, -0.1) is 0 Å². The highest BCUT2D eigenvalue weighted by atomic mass is 16.2. The minimum Gasteiger partial charge on any atom is -0.358 e. The minimum absolute atomic E-state index is 0.0315. The van der Waals surface area contributed by atoms with Gasteiger partial charge in [0, 0.05) is 7.05 Å². The van der Waals surface area contributed by atoms with E-state index in [-0.39, 0.29) is 36.9 Å². The number of para-hydroxylation sites is 1. The van der Waals surface area contributed by atoms with Crippen LogP contribution in [0, 0.1) is 0 Å². The van der Waals surface area contributed by atoms with Crippen molar-refractivity contribution in [1.29, 1.82) is 0 Å². The molecule has 3 N–H and O–H groups in total. The van der Waals surface area contributed by atoms with Crippen LogP contribution in [0.5, 0.6) is 0 Å². The maximum atomic E-state index is 12.7. The molecule has 0 saturated carbocycles. The minimum atomic E-state index is -0.303. The maximum Gasteiger partial charge on any atom is 0.253 e. The molecule has 0 aliphatic rings. The lowest BCUT2D eigenvalue weighted by molar-refractivity contribution is -0.122. The molecule has 0 saturated heterocycles. The summed E-state index contributed by atoms with van der Waals surface area (Å²) < 4.78 is 0. The molecular formula is C21H26N4O3. The Labute approximate surface area is 165 Å². The van der Waals surface area contributed by atoms with Crippen LogP contribution in [0.15, 0.2) is 54.6 Å². The fraction of sp³-hybridized carbons (Fsp3) is 0.286. The molecule has 0 heterocycles. The predicted octanol–water partition coefficient (Wildman–Crippen LogP) is 1.79. The van der Waals surface area contributed by atoms with E-state index in [0.29, 0.717) is 11.3 Å².